The van der Waals surface area contributed by atoms with E-state index < -0.39 is 79.9 Å². The predicted octanol–water partition coefficient (Wildman–Crippen LogP) is 7.17. The number of nitrogens with zero attached hydrogens (tertiary/aromatic N) is 1. The Hall–Kier alpha value is -1.30. The highest BCUT2D eigenvalue weighted by atomic mass is 19.4. The average molecular weight is 549 g/mol. The van der Waals surface area contributed by atoms with Gasteiger partial charge in [0.1, 0.15) is 0 Å². The summed E-state index contributed by atoms with van der Waals surface area (Å²) in [6.45, 7) is -3.36. The number of hydrogen-bond acceptors (Lipinski definition) is 1. The Morgan fingerprint density at radius 2 is 0.706 bits per heavy atom. The molecule has 1 aliphatic carbocycles. The molecule has 0 bridgehead atoms. The van der Waals surface area contributed by atoms with Crippen molar-refractivity contribution in [1.29, 1.82) is 0 Å². The van der Waals surface area contributed by atoms with Crippen LogP contribution in [0.4, 0.5) is 79.0 Å². The highest BCUT2D eigenvalue weighted by Crippen LogP contribution is 2.55. The summed E-state index contributed by atoms with van der Waals surface area (Å²) in [6.07, 6.45) is -19.6. The Bertz CT molecular complexity index is 647. The van der Waals surface area contributed by atoms with Crippen LogP contribution in [0.25, 0.3) is 0 Å². The van der Waals surface area contributed by atoms with Gasteiger partial charge in [0.2, 0.25) is 0 Å². The van der Waals surface area contributed by atoms with Gasteiger partial charge in [-0.2, -0.15) is 79.0 Å². The maximum atomic E-state index is 13.6. The minimum Gasteiger partial charge on any atom is -0.300 e. The van der Waals surface area contributed by atoms with Crippen molar-refractivity contribution >= 4 is 0 Å². The van der Waals surface area contributed by atoms with Crippen molar-refractivity contribution in [2.24, 2.45) is 0 Å². The zero-order valence-electron chi connectivity index (χ0n) is 16.1. The van der Waals surface area contributed by atoms with Crippen LogP contribution in [0.3, 0.4) is 0 Å². The number of rotatable bonds is 11. The first-order valence-electron chi connectivity index (χ1n) is 8.82. The Kier molecular flexibility index (Phi) is 7.84. The van der Waals surface area contributed by atoms with Gasteiger partial charge in [0.15, 0.2) is 0 Å². The van der Waals surface area contributed by atoms with Gasteiger partial charge in [0, 0.05) is 32.0 Å². The lowest BCUT2D eigenvalue weighted by atomic mass is 9.99. The summed E-state index contributed by atoms with van der Waals surface area (Å²) in [4.78, 5) is 0.186. The predicted molar refractivity (Wildman–Crippen MR) is 75.6 cm³/mol. The molecule has 0 aromatic heterocycles. The fourth-order valence-electron chi connectivity index (χ4n) is 2.61. The number of halogens is 18. The van der Waals surface area contributed by atoms with Crippen molar-refractivity contribution in [2.75, 3.05) is 13.1 Å². The first-order valence-corrected chi connectivity index (χ1v) is 8.82. The maximum absolute atomic E-state index is 13.6. The molecule has 0 heterocycles. The van der Waals surface area contributed by atoms with Gasteiger partial charge >= 0.3 is 47.9 Å². The summed E-state index contributed by atoms with van der Waals surface area (Å²) in [5.74, 6) is -40.8. The van der Waals surface area contributed by atoms with E-state index in [1.54, 1.807) is 0 Å². The fraction of sp³-hybridized carbons (Fsp3) is 1.00. The molecule has 1 saturated carbocycles. The van der Waals surface area contributed by atoms with E-state index in [9.17, 15) is 79.0 Å². The van der Waals surface area contributed by atoms with Crippen LogP contribution in [0.1, 0.15) is 25.7 Å². The molecular weight excluding hydrogens is 536 g/mol. The summed E-state index contributed by atoms with van der Waals surface area (Å²) >= 11 is 0. The molecule has 0 aromatic rings. The van der Waals surface area contributed by atoms with E-state index in [-0.39, 0.29) is 17.7 Å². The molecule has 204 valence electrons. The van der Waals surface area contributed by atoms with E-state index >= 15 is 0 Å². The van der Waals surface area contributed by atoms with E-state index in [1.165, 1.54) is 0 Å². The second-order valence-corrected chi connectivity index (χ2v) is 7.47. The molecule has 34 heavy (non-hydrogen) atoms. The van der Waals surface area contributed by atoms with Crippen molar-refractivity contribution in [3.05, 3.63) is 0 Å². The Morgan fingerprint density at radius 1 is 0.441 bits per heavy atom. The molecular formula is C15H13F18N. The standard InChI is InChI=1S/C15H13F18N/c16-8(17,10(20,21)12(24,25)14(28,29)30)3-5-34(7-1-2-7)6-4-9(18,19)11(22,23)13(26,27)15(31,32)33/h7H,1-6H2. The lowest BCUT2D eigenvalue weighted by molar-refractivity contribution is -0.397. The van der Waals surface area contributed by atoms with Crippen LogP contribution < -0.4 is 0 Å². The van der Waals surface area contributed by atoms with Gasteiger partial charge < -0.3 is 0 Å². The summed E-state index contributed by atoms with van der Waals surface area (Å²) in [5.41, 5.74) is 0. The topological polar surface area (TPSA) is 3.24 Å². The van der Waals surface area contributed by atoms with Crippen LogP contribution >= 0.6 is 0 Å². The normalized spacial score (nSPS) is 18.1. The van der Waals surface area contributed by atoms with E-state index in [0.717, 1.165) is 0 Å². The van der Waals surface area contributed by atoms with Gasteiger partial charge in [-0.05, 0) is 12.8 Å². The lowest BCUT2D eigenvalue weighted by Crippen LogP contribution is -2.62. The average Bonchev–Trinajstić information content (AvgIpc) is 3.43. The van der Waals surface area contributed by atoms with E-state index in [2.05, 4.69) is 0 Å². The van der Waals surface area contributed by atoms with E-state index in [4.69, 9.17) is 0 Å². The Morgan fingerprint density at radius 3 is 0.912 bits per heavy atom. The number of alkyl halides is 18. The molecule has 0 aromatic carbocycles. The van der Waals surface area contributed by atoms with Crippen molar-refractivity contribution in [2.45, 2.75) is 79.6 Å². The van der Waals surface area contributed by atoms with Crippen LogP contribution in [-0.4, -0.2) is 71.9 Å². The quantitative estimate of drug-likeness (QED) is 0.247. The first kappa shape index (κ1) is 30.7. The second kappa shape index (κ2) is 8.67. The van der Waals surface area contributed by atoms with Gasteiger partial charge in [0.25, 0.3) is 0 Å². The third kappa shape index (κ3) is 5.27. The van der Waals surface area contributed by atoms with Crippen LogP contribution in [0.2, 0.25) is 0 Å². The van der Waals surface area contributed by atoms with Crippen LogP contribution in [0, 0.1) is 0 Å². The molecule has 0 radical (unpaired) electrons. The van der Waals surface area contributed by atoms with Crippen LogP contribution in [0.15, 0.2) is 0 Å². The highest BCUT2D eigenvalue weighted by molar-refractivity contribution is 5.02. The zero-order valence-corrected chi connectivity index (χ0v) is 16.1. The van der Waals surface area contributed by atoms with Gasteiger partial charge in [-0.25, -0.2) is 0 Å². The molecule has 1 rings (SSSR count). The molecule has 1 fully saturated rings. The molecule has 0 amide bonds. The monoisotopic (exact) mass is 549 g/mol. The van der Waals surface area contributed by atoms with Crippen molar-refractivity contribution in [3.63, 3.8) is 0 Å². The summed E-state index contributed by atoms with van der Waals surface area (Å²) in [7, 11) is 0. The molecule has 0 N–H and O–H groups in total. The molecule has 0 atom stereocenters. The van der Waals surface area contributed by atoms with Crippen molar-refractivity contribution in [3.8, 4) is 0 Å². The van der Waals surface area contributed by atoms with Crippen LogP contribution in [-0.2, 0) is 0 Å². The van der Waals surface area contributed by atoms with Gasteiger partial charge in [-0.1, -0.05) is 0 Å². The minimum atomic E-state index is -7.24. The van der Waals surface area contributed by atoms with Crippen LogP contribution in [0.5, 0.6) is 0 Å². The first-order chi connectivity index (χ1) is 14.7. The van der Waals surface area contributed by atoms with Gasteiger partial charge in [0.05, 0.1) is 0 Å². The minimum absolute atomic E-state index is 0.124. The van der Waals surface area contributed by atoms with Crippen molar-refractivity contribution in [1.82, 2.24) is 4.90 Å². The molecule has 1 nitrogen and oxygen atoms in total. The zero-order chi connectivity index (χ0) is 27.4. The van der Waals surface area contributed by atoms with E-state index in [0.29, 0.717) is 0 Å². The highest BCUT2D eigenvalue weighted by Gasteiger charge is 2.82. The maximum Gasteiger partial charge on any atom is 0.460 e. The summed E-state index contributed by atoms with van der Waals surface area (Å²) in [6, 6.07) is -1.15. The number of hydrogen-bond donors (Lipinski definition) is 0. The van der Waals surface area contributed by atoms with Crippen molar-refractivity contribution < 1.29 is 79.0 Å². The Labute approximate surface area is 178 Å². The Balaban J connectivity index is 3.00. The lowest BCUT2D eigenvalue weighted by Gasteiger charge is -2.36. The molecule has 19 heteroatoms. The largest absolute Gasteiger partial charge is 0.460 e. The third-order valence-electron chi connectivity index (χ3n) is 4.91. The summed E-state index contributed by atoms with van der Waals surface area (Å²) < 4.78 is 231. The molecule has 0 spiro atoms. The SMILES string of the molecule is FC(F)(F)C(F)(F)C(F)(F)C(F)(F)CCN(CCC(F)(F)C(F)(F)C(F)(F)C(F)(F)F)C1CC1. The van der Waals surface area contributed by atoms with Gasteiger partial charge in [-0.3, -0.25) is 4.90 Å². The smallest absolute Gasteiger partial charge is 0.300 e. The molecule has 0 unspecified atom stereocenters. The second-order valence-electron chi connectivity index (χ2n) is 7.47. The third-order valence-corrected chi connectivity index (χ3v) is 4.91. The molecule has 0 aliphatic heterocycles. The van der Waals surface area contributed by atoms with Gasteiger partial charge in [-0.15, -0.1) is 0 Å². The molecule has 0 saturated heterocycles. The fourth-order valence-corrected chi connectivity index (χ4v) is 2.61. The summed E-state index contributed by atoms with van der Waals surface area (Å²) in [5, 5.41) is 0. The molecule has 1 aliphatic rings. The van der Waals surface area contributed by atoms with E-state index in [1.807, 2.05) is 0 Å².